The van der Waals surface area contributed by atoms with Crippen molar-refractivity contribution in [1.29, 1.82) is 0 Å². The minimum atomic E-state index is -5.39. The summed E-state index contributed by atoms with van der Waals surface area (Å²) in [4.78, 5) is 25.6. The number of rotatable bonds is 0. The van der Waals surface area contributed by atoms with Gasteiger partial charge in [-0.1, -0.05) is 0 Å². The molecule has 0 aromatic carbocycles. The number of hydrogen-bond donors (Lipinski definition) is 0. The molecule has 0 fully saturated rings. The van der Waals surface area contributed by atoms with Crippen LogP contribution >= 0.6 is 7.82 Å². The van der Waals surface area contributed by atoms with E-state index in [0.29, 0.717) is 0 Å². The van der Waals surface area contributed by atoms with Crippen LogP contribution in [0.4, 0.5) is 0 Å². The van der Waals surface area contributed by atoms with E-state index in [2.05, 4.69) is 0 Å². The molecule has 0 saturated heterocycles. The van der Waals surface area contributed by atoms with Gasteiger partial charge in [0.05, 0.1) is 0 Å². The molecule has 0 bridgehead atoms. The van der Waals surface area contributed by atoms with Gasteiger partial charge in [0.2, 0.25) is 0 Å². The summed E-state index contributed by atoms with van der Waals surface area (Å²) in [5, 5.41) is 0. The first-order valence-electron chi connectivity index (χ1n) is 0.730. The summed E-state index contributed by atoms with van der Waals surface area (Å²) in [6.07, 6.45) is 0. The van der Waals surface area contributed by atoms with Crippen LogP contribution in [-0.2, 0) is 40.2 Å². The van der Waals surface area contributed by atoms with E-state index < -0.39 is 7.82 Å². The van der Waals surface area contributed by atoms with Crippen molar-refractivity contribution in [2.45, 2.75) is 0 Å². The molecule has 0 aromatic rings. The molecule has 0 atom stereocenters. The van der Waals surface area contributed by atoms with Gasteiger partial charge in [-0.05, 0) is 0 Å². The fraction of sp³-hybridized carbons (Fsp3) is 0. The van der Waals surface area contributed by atoms with Gasteiger partial charge in [-0.3, -0.25) is 0 Å². The summed E-state index contributed by atoms with van der Waals surface area (Å²) in [5.41, 5.74) is 0. The Labute approximate surface area is 148 Å². The van der Waals surface area contributed by atoms with Crippen LogP contribution < -0.4 is 103 Å². The quantitative estimate of drug-likeness (QED) is 0.323. The molecule has 0 aliphatic carbocycles. The Bertz CT molecular complexity index is 66.6. The van der Waals surface area contributed by atoms with E-state index in [1.807, 2.05) is 0 Å². The Kier molecular flexibility index (Phi) is 69.5. The maximum absolute atomic E-state index is 8.55. The topological polar surface area (TPSA) is 86.2 Å². The first kappa shape index (κ1) is 36.8. The maximum atomic E-state index is 8.55. The molecule has 0 saturated carbocycles. The molecule has 0 rings (SSSR count). The van der Waals surface area contributed by atoms with E-state index in [-0.39, 0.29) is 124 Å². The molecule has 0 N–H and O–H groups in total. The van der Waals surface area contributed by atoms with Crippen LogP contribution in [-0.4, -0.2) is 0 Å². The van der Waals surface area contributed by atoms with Gasteiger partial charge in [-0.2, -0.15) is 7.82 Å². The molecular formula is MnNa3O4PV+2. The van der Waals surface area contributed by atoms with Gasteiger partial charge in [0.1, 0.15) is 0 Å². The second-order valence-corrected chi connectivity index (χ2v) is 1.34. The first-order valence-corrected chi connectivity index (χ1v) is 2.19. The standard InChI is InChI=1S/Mn.3Na.H3O4P.V/c;;;;1-5(2,3)4;/h;;;;(H3,1,2,3,4);/q+2;3*+1;;/p-3. The average molecular weight is 270 g/mol. The molecule has 10 heteroatoms. The van der Waals surface area contributed by atoms with Crippen molar-refractivity contribution in [1.82, 2.24) is 0 Å². The van der Waals surface area contributed by atoms with E-state index in [9.17, 15) is 0 Å². The normalized spacial score (nSPS) is 5.90. The van der Waals surface area contributed by atoms with Gasteiger partial charge in [-0.25, -0.2) is 0 Å². The third-order valence-corrected chi connectivity index (χ3v) is 0. The molecule has 0 spiro atoms. The Morgan fingerprint density at radius 2 is 0.900 bits per heavy atom. The van der Waals surface area contributed by atoms with Crippen molar-refractivity contribution < 1.29 is 144 Å². The van der Waals surface area contributed by atoms with Gasteiger partial charge in [0, 0.05) is 18.6 Å². The maximum Gasteiger partial charge on any atom is 2.00 e. The average Bonchev–Trinajstić information content (AvgIpc) is 0.722. The smallest absolute Gasteiger partial charge is 0.822 e. The van der Waals surface area contributed by atoms with Crippen molar-refractivity contribution in [3.63, 3.8) is 0 Å². The summed E-state index contributed by atoms with van der Waals surface area (Å²) in [6, 6.07) is 0. The van der Waals surface area contributed by atoms with Gasteiger partial charge in [0.15, 0.2) is 0 Å². The summed E-state index contributed by atoms with van der Waals surface area (Å²) in [6.45, 7) is 0. The van der Waals surface area contributed by atoms with Gasteiger partial charge in [0.25, 0.3) is 0 Å². The Balaban J connectivity index is -0.00000000800. The fourth-order valence-corrected chi connectivity index (χ4v) is 0. The minimum absolute atomic E-state index is 0. The zero-order valence-electron chi connectivity index (χ0n) is 5.91. The third-order valence-electron chi connectivity index (χ3n) is 0. The van der Waals surface area contributed by atoms with Crippen molar-refractivity contribution >= 4 is 7.82 Å². The molecular weight excluding hydrogens is 270 g/mol. The van der Waals surface area contributed by atoms with Crippen LogP contribution in [0.25, 0.3) is 0 Å². The van der Waals surface area contributed by atoms with E-state index >= 15 is 0 Å². The molecule has 4 nitrogen and oxygen atoms in total. The summed E-state index contributed by atoms with van der Waals surface area (Å²) in [5.74, 6) is 0. The fourth-order valence-electron chi connectivity index (χ4n) is 0. The van der Waals surface area contributed by atoms with Crippen LogP contribution in [0.2, 0.25) is 0 Å². The predicted octanol–water partition coefficient (Wildman–Crippen LogP) is -11.8. The third kappa shape index (κ3) is 86.5. The van der Waals surface area contributed by atoms with Crippen LogP contribution in [0.3, 0.4) is 0 Å². The molecule has 0 aromatic heterocycles. The van der Waals surface area contributed by atoms with E-state index in [1.165, 1.54) is 0 Å². The van der Waals surface area contributed by atoms with Crippen LogP contribution in [0.15, 0.2) is 0 Å². The summed E-state index contributed by atoms with van der Waals surface area (Å²) in [7, 11) is -5.39. The van der Waals surface area contributed by atoms with E-state index in [1.54, 1.807) is 0 Å². The molecule has 0 amide bonds. The number of hydrogen-bond acceptors (Lipinski definition) is 4. The molecule has 42 valence electrons. The number of phosphoric acid groups is 1. The second-order valence-electron chi connectivity index (χ2n) is 0.447. The van der Waals surface area contributed by atoms with Crippen molar-refractivity contribution in [3.05, 3.63) is 0 Å². The van der Waals surface area contributed by atoms with Gasteiger partial charge in [-0.15, -0.1) is 0 Å². The predicted molar refractivity (Wildman–Crippen MR) is 7.61 cm³/mol. The van der Waals surface area contributed by atoms with E-state index in [4.69, 9.17) is 19.2 Å². The van der Waals surface area contributed by atoms with Crippen LogP contribution in [0, 0.1) is 0 Å². The second kappa shape index (κ2) is 18.9. The molecule has 0 unspecified atom stereocenters. The summed E-state index contributed by atoms with van der Waals surface area (Å²) < 4.78 is 8.55. The summed E-state index contributed by atoms with van der Waals surface area (Å²) >= 11 is 0. The van der Waals surface area contributed by atoms with Crippen LogP contribution in [0.5, 0.6) is 0 Å². The van der Waals surface area contributed by atoms with Crippen molar-refractivity contribution in [3.8, 4) is 0 Å². The minimum Gasteiger partial charge on any atom is -0.822 e. The zero-order chi connectivity index (χ0) is 4.50. The Hall–Kier alpha value is 4.21. The largest absolute Gasteiger partial charge is 2.00 e. The van der Waals surface area contributed by atoms with Crippen molar-refractivity contribution in [2.24, 2.45) is 0 Å². The van der Waals surface area contributed by atoms with Gasteiger partial charge < -0.3 is 19.2 Å². The molecule has 2 radical (unpaired) electrons. The van der Waals surface area contributed by atoms with E-state index in [0.717, 1.165) is 0 Å². The molecule has 0 aliphatic heterocycles. The zero-order valence-corrected chi connectivity index (χ0v) is 15.4. The van der Waals surface area contributed by atoms with Gasteiger partial charge >= 0.3 is 106 Å². The monoisotopic (exact) mass is 270 g/mol. The Morgan fingerprint density at radius 1 is 0.900 bits per heavy atom. The van der Waals surface area contributed by atoms with Crippen LogP contribution in [0.1, 0.15) is 0 Å². The molecule has 10 heavy (non-hydrogen) atoms. The SMILES string of the molecule is O=P([O-])([O-])[O-].[Mn+2].[Na+].[Na+].[Na+].[V]. The molecule has 0 aliphatic rings. The molecule has 0 heterocycles. The van der Waals surface area contributed by atoms with Crippen molar-refractivity contribution in [2.75, 3.05) is 0 Å². The Morgan fingerprint density at radius 3 is 0.900 bits per heavy atom. The first-order chi connectivity index (χ1) is 2.00.